The Kier molecular flexibility index (Phi) is 3.60. The number of aromatic nitrogens is 2. The standard InChI is InChI=1S/C14H16F3N3/c1-8-12(9(2)20(3)19-8)13(18)10-4-6-11(7-5-10)14(15,16)17/h4-7,13H,18H2,1-3H3. The van der Waals surface area contributed by atoms with E-state index in [1.54, 1.807) is 4.68 Å². The topological polar surface area (TPSA) is 43.8 Å². The van der Waals surface area contributed by atoms with Gasteiger partial charge in [0, 0.05) is 18.3 Å². The van der Waals surface area contributed by atoms with Crippen LogP contribution in [0.15, 0.2) is 24.3 Å². The Morgan fingerprint density at radius 2 is 1.70 bits per heavy atom. The highest BCUT2D eigenvalue weighted by Crippen LogP contribution is 2.31. The molecule has 0 aliphatic heterocycles. The van der Waals surface area contributed by atoms with Gasteiger partial charge in [-0.25, -0.2) is 0 Å². The second-order valence-corrected chi connectivity index (χ2v) is 4.81. The summed E-state index contributed by atoms with van der Waals surface area (Å²) in [6.07, 6.45) is -4.33. The second-order valence-electron chi connectivity index (χ2n) is 4.81. The van der Waals surface area contributed by atoms with E-state index in [9.17, 15) is 13.2 Å². The molecule has 1 aromatic carbocycles. The molecule has 3 nitrogen and oxygen atoms in total. The molecular weight excluding hydrogens is 267 g/mol. The summed E-state index contributed by atoms with van der Waals surface area (Å²) in [6, 6.07) is 4.46. The third kappa shape index (κ3) is 2.56. The summed E-state index contributed by atoms with van der Waals surface area (Å²) < 4.78 is 39.3. The molecule has 0 saturated carbocycles. The van der Waals surface area contributed by atoms with Crippen LogP contribution in [-0.4, -0.2) is 9.78 Å². The van der Waals surface area contributed by atoms with Gasteiger partial charge in [0.1, 0.15) is 0 Å². The minimum atomic E-state index is -4.33. The van der Waals surface area contributed by atoms with Crippen molar-refractivity contribution < 1.29 is 13.2 Å². The van der Waals surface area contributed by atoms with Crippen LogP contribution >= 0.6 is 0 Å². The van der Waals surface area contributed by atoms with Gasteiger partial charge in [-0.1, -0.05) is 12.1 Å². The Hall–Kier alpha value is -1.82. The zero-order valence-corrected chi connectivity index (χ0v) is 11.5. The predicted octanol–water partition coefficient (Wildman–Crippen LogP) is 3.10. The van der Waals surface area contributed by atoms with Crippen LogP contribution in [0.4, 0.5) is 13.2 Å². The summed E-state index contributed by atoms with van der Waals surface area (Å²) in [7, 11) is 1.81. The minimum absolute atomic E-state index is 0.481. The molecule has 0 aliphatic rings. The first-order valence-corrected chi connectivity index (χ1v) is 6.14. The van der Waals surface area contributed by atoms with Gasteiger partial charge in [0.25, 0.3) is 0 Å². The molecule has 1 unspecified atom stereocenters. The van der Waals surface area contributed by atoms with E-state index in [1.165, 1.54) is 12.1 Å². The number of nitrogens with two attached hydrogens (primary N) is 1. The van der Waals surface area contributed by atoms with Gasteiger partial charge in [0.05, 0.1) is 17.3 Å². The zero-order valence-electron chi connectivity index (χ0n) is 11.5. The summed E-state index contributed by atoms with van der Waals surface area (Å²) in [5.41, 5.74) is 8.67. The number of nitrogens with zero attached hydrogens (tertiary/aromatic N) is 2. The number of hydrogen-bond acceptors (Lipinski definition) is 2. The molecule has 0 saturated heterocycles. The quantitative estimate of drug-likeness (QED) is 0.920. The Labute approximate surface area is 115 Å². The average Bonchev–Trinajstić information content (AvgIpc) is 2.62. The maximum absolute atomic E-state index is 12.5. The van der Waals surface area contributed by atoms with Gasteiger partial charge in [-0.3, -0.25) is 4.68 Å². The lowest BCUT2D eigenvalue weighted by atomic mass is 9.97. The lowest BCUT2D eigenvalue weighted by Gasteiger charge is -2.14. The third-order valence-electron chi connectivity index (χ3n) is 3.47. The summed E-state index contributed by atoms with van der Waals surface area (Å²) in [6.45, 7) is 3.73. The Morgan fingerprint density at radius 3 is 2.10 bits per heavy atom. The maximum atomic E-state index is 12.5. The molecule has 0 aliphatic carbocycles. The molecule has 0 fully saturated rings. The number of aryl methyl sites for hydroxylation is 2. The molecule has 1 heterocycles. The SMILES string of the molecule is Cc1nn(C)c(C)c1C(N)c1ccc(C(F)(F)F)cc1. The molecule has 2 rings (SSSR count). The fourth-order valence-electron chi connectivity index (χ4n) is 2.29. The first kappa shape index (κ1) is 14.6. The fraction of sp³-hybridized carbons (Fsp3) is 0.357. The van der Waals surface area contributed by atoms with Gasteiger partial charge < -0.3 is 5.73 Å². The van der Waals surface area contributed by atoms with E-state index in [-0.39, 0.29) is 0 Å². The molecule has 0 bridgehead atoms. The van der Waals surface area contributed by atoms with Crippen LogP contribution in [0.2, 0.25) is 0 Å². The molecule has 2 N–H and O–H groups in total. The molecule has 108 valence electrons. The van der Waals surface area contributed by atoms with Crippen molar-refractivity contribution in [2.45, 2.75) is 26.1 Å². The predicted molar refractivity (Wildman–Crippen MR) is 70.2 cm³/mol. The van der Waals surface area contributed by atoms with Gasteiger partial charge in [0.15, 0.2) is 0 Å². The van der Waals surface area contributed by atoms with Crippen LogP contribution in [0.25, 0.3) is 0 Å². The summed E-state index contributed by atoms with van der Waals surface area (Å²) in [4.78, 5) is 0. The van der Waals surface area contributed by atoms with Gasteiger partial charge in [0.2, 0.25) is 0 Å². The Bertz CT molecular complexity index is 612. The van der Waals surface area contributed by atoms with Gasteiger partial charge in [-0.15, -0.1) is 0 Å². The van der Waals surface area contributed by atoms with Crippen molar-refractivity contribution in [2.75, 3.05) is 0 Å². The van der Waals surface area contributed by atoms with Crippen molar-refractivity contribution in [3.63, 3.8) is 0 Å². The normalized spacial score (nSPS) is 13.6. The number of rotatable bonds is 2. The lowest BCUT2D eigenvalue weighted by Crippen LogP contribution is -2.14. The number of halogens is 3. The van der Waals surface area contributed by atoms with Crippen LogP contribution in [0, 0.1) is 13.8 Å². The minimum Gasteiger partial charge on any atom is -0.320 e. The molecule has 1 aromatic heterocycles. The highest BCUT2D eigenvalue weighted by Gasteiger charge is 2.30. The monoisotopic (exact) mass is 283 g/mol. The van der Waals surface area contributed by atoms with E-state index >= 15 is 0 Å². The van der Waals surface area contributed by atoms with Crippen molar-refractivity contribution >= 4 is 0 Å². The van der Waals surface area contributed by atoms with Crippen LogP contribution < -0.4 is 5.73 Å². The average molecular weight is 283 g/mol. The van der Waals surface area contributed by atoms with E-state index in [0.29, 0.717) is 5.56 Å². The van der Waals surface area contributed by atoms with Crippen molar-refractivity contribution in [1.29, 1.82) is 0 Å². The van der Waals surface area contributed by atoms with E-state index in [4.69, 9.17) is 5.73 Å². The molecule has 0 radical (unpaired) electrons. The smallest absolute Gasteiger partial charge is 0.320 e. The van der Waals surface area contributed by atoms with Crippen LogP contribution in [0.5, 0.6) is 0 Å². The van der Waals surface area contributed by atoms with Crippen molar-refractivity contribution in [2.24, 2.45) is 12.8 Å². The van der Waals surface area contributed by atoms with E-state index in [1.807, 2.05) is 20.9 Å². The molecule has 0 spiro atoms. The number of hydrogen-bond donors (Lipinski definition) is 1. The maximum Gasteiger partial charge on any atom is 0.416 e. The van der Waals surface area contributed by atoms with Crippen LogP contribution in [0.3, 0.4) is 0 Å². The number of alkyl halides is 3. The van der Waals surface area contributed by atoms with Crippen LogP contribution in [0.1, 0.15) is 34.1 Å². The lowest BCUT2D eigenvalue weighted by molar-refractivity contribution is -0.137. The van der Waals surface area contributed by atoms with E-state index in [2.05, 4.69) is 5.10 Å². The van der Waals surface area contributed by atoms with Gasteiger partial charge in [-0.05, 0) is 31.5 Å². The largest absolute Gasteiger partial charge is 0.416 e. The Morgan fingerprint density at radius 1 is 1.15 bits per heavy atom. The van der Waals surface area contributed by atoms with Gasteiger partial charge in [-0.2, -0.15) is 18.3 Å². The summed E-state index contributed by atoms with van der Waals surface area (Å²) in [5, 5.41) is 4.27. The Balaban J connectivity index is 2.37. The van der Waals surface area contributed by atoms with E-state index in [0.717, 1.165) is 29.1 Å². The van der Waals surface area contributed by atoms with E-state index < -0.39 is 17.8 Å². The fourth-order valence-corrected chi connectivity index (χ4v) is 2.29. The highest BCUT2D eigenvalue weighted by molar-refractivity contribution is 5.38. The first-order valence-electron chi connectivity index (χ1n) is 6.14. The molecule has 1 atom stereocenters. The molecule has 0 amide bonds. The molecule has 20 heavy (non-hydrogen) atoms. The third-order valence-corrected chi connectivity index (χ3v) is 3.47. The molecular formula is C14H16F3N3. The number of benzene rings is 1. The molecule has 6 heteroatoms. The second kappa shape index (κ2) is 4.94. The van der Waals surface area contributed by atoms with Crippen molar-refractivity contribution in [1.82, 2.24) is 9.78 Å². The first-order chi connectivity index (χ1) is 9.21. The summed E-state index contributed by atoms with van der Waals surface area (Å²) in [5.74, 6) is 0. The molecule has 2 aromatic rings. The van der Waals surface area contributed by atoms with Crippen molar-refractivity contribution in [3.8, 4) is 0 Å². The zero-order chi connectivity index (χ0) is 15.1. The van der Waals surface area contributed by atoms with Gasteiger partial charge >= 0.3 is 6.18 Å². The van der Waals surface area contributed by atoms with Crippen molar-refractivity contribution in [3.05, 3.63) is 52.3 Å². The van der Waals surface area contributed by atoms with Crippen LogP contribution in [-0.2, 0) is 13.2 Å². The summed E-state index contributed by atoms with van der Waals surface area (Å²) >= 11 is 0. The highest BCUT2D eigenvalue weighted by atomic mass is 19.4.